The van der Waals surface area contributed by atoms with Crippen LogP contribution in [0.3, 0.4) is 0 Å². The molecular formula is C28H37NO11. The standard InChI is InChI=1S/C28H37NO11/c1-3-37-19(31)7-6-14-10-15-16(17-11-29-27(35)28(17)8-4-5-9-28)13-38-24(15)25(36-2)23(14)40-26-22(34)21(33)20(32)18(12-30)39-26/h10,13,17-18,20-22,26,30,32-34H,3-9,11-12H2,1-2H3,(H,29,35). The third-order valence-electron chi connectivity index (χ3n) is 8.53. The molecule has 1 saturated carbocycles. The summed E-state index contributed by atoms with van der Waals surface area (Å²) in [5, 5.41) is 44.4. The number of aryl methyl sites for hydroxylation is 1. The zero-order chi connectivity index (χ0) is 28.6. The number of esters is 1. The lowest BCUT2D eigenvalue weighted by Crippen LogP contribution is -2.60. The minimum absolute atomic E-state index is 0.0220. The molecule has 0 radical (unpaired) electrons. The minimum Gasteiger partial charge on any atom is -0.490 e. The number of aliphatic hydroxyl groups is 4. The van der Waals surface area contributed by atoms with Gasteiger partial charge in [0.1, 0.15) is 24.4 Å². The Hall–Kier alpha value is -2.90. The first-order valence-electron chi connectivity index (χ1n) is 13.8. The lowest BCUT2D eigenvalue weighted by atomic mass is 9.72. The Morgan fingerprint density at radius 3 is 2.58 bits per heavy atom. The summed E-state index contributed by atoms with van der Waals surface area (Å²) >= 11 is 0. The van der Waals surface area contributed by atoms with Gasteiger partial charge in [-0.05, 0) is 37.8 Å². The first-order chi connectivity index (χ1) is 19.2. The van der Waals surface area contributed by atoms with Crippen molar-refractivity contribution in [1.82, 2.24) is 5.32 Å². The van der Waals surface area contributed by atoms with E-state index in [0.717, 1.165) is 31.2 Å². The maximum absolute atomic E-state index is 12.9. The fraction of sp³-hybridized carbons (Fsp3) is 0.643. The summed E-state index contributed by atoms with van der Waals surface area (Å²) in [6.45, 7) is 1.81. The van der Waals surface area contributed by atoms with Crippen molar-refractivity contribution in [3.05, 3.63) is 23.5 Å². The number of furan rings is 1. The molecule has 3 fully saturated rings. The van der Waals surface area contributed by atoms with Crippen molar-refractivity contribution in [1.29, 1.82) is 0 Å². The summed E-state index contributed by atoms with van der Waals surface area (Å²) in [6.07, 6.45) is -2.12. The molecule has 1 spiro atoms. The molecule has 3 heterocycles. The Morgan fingerprint density at radius 1 is 1.15 bits per heavy atom. The van der Waals surface area contributed by atoms with Gasteiger partial charge in [-0.2, -0.15) is 0 Å². The lowest BCUT2D eigenvalue weighted by Gasteiger charge is -2.39. The number of carbonyl (C=O) groups excluding carboxylic acids is 2. The number of hydrogen-bond donors (Lipinski definition) is 5. The van der Waals surface area contributed by atoms with E-state index >= 15 is 0 Å². The lowest BCUT2D eigenvalue weighted by molar-refractivity contribution is -0.277. The number of fused-ring (bicyclic) bond motifs is 1. The molecule has 1 amide bonds. The average Bonchev–Trinajstić information content (AvgIpc) is 3.68. The summed E-state index contributed by atoms with van der Waals surface area (Å²) in [5.41, 5.74) is 1.23. The first kappa shape index (κ1) is 28.6. The van der Waals surface area contributed by atoms with E-state index in [-0.39, 0.29) is 42.8 Å². The third kappa shape index (κ3) is 4.81. The molecule has 6 atom stereocenters. The highest BCUT2D eigenvalue weighted by atomic mass is 16.7. The van der Waals surface area contributed by atoms with Crippen LogP contribution in [-0.2, 0) is 25.5 Å². The van der Waals surface area contributed by atoms with Crippen molar-refractivity contribution in [3.8, 4) is 11.5 Å². The Morgan fingerprint density at radius 2 is 1.90 bits per heavy atom. The van der Waals surface area contributed by atoms with Gasteiger partial charge in [-0.1, -0.05) is 12.8 Å². The maximum atomic E-state index is 12.9. The van der Waals surface area contributed by atoms with Crippen molar-refractivity contribution in [2.24, 2.45) is 5.41 Å². The predicted octanol–water partition coefficient (Wildman–Crippen LogP) is 0.890. The van der Waals surface area contributed by atoms with Crippen LogP contribution in [0, 0.1) is 5.41 Å². The van der Waals surface area contributed by atoms with Crippen LogP contribution in [0.5, 0.6) is 11.5 Å². The van der Waals surface area contributed by atoms with Crippen LogP contribution in [0.1, 0.15) is 56.1 Å². The summed E-state index contributed by atoms with van der Waals surface area (Å²) in [4.78, 5) is 25.2. The fourth-order valence-electron chi connectivity index (χ4n) is 6.43. The van der Waals surface area contributed by atoms with Gasteiger partial charge in [-0.25, -0.2) is 0 Å². The molecule has 12 nitrogen and oxygen atoms in total. The van der Waals surface area contributed by atoms with Crippen LogP contribution >= 0.6 is 0 Å². The molecule has 1 aliphatic carbocycles. The minimum atomic E-state index is -1.65. The maximum Gasteiger partial charge on any atom is 0.306 e. The molecule has 0 bridgehead atoms. The summed E-state index contributed by atoms with van der Waals surface area (Å²) in [7, 11) is 1.42. The number of methoxy groups -OCH3 is 1. The van der Waals surface area contributed by atoms with E-state index in [4.69, 9.17) is 23.4 Å². The van der Waals surface area contributed by atoms with Gasteiger partial charge in [0.2, 0.25) is 17.9 Å². The van der Waals surface area contributed by atoms with Crippen LogP contribution in [0.2, 0.25) is 0 Å². The zero-order valence-electron chi connectivity index (χ0n) is 22.6. The number of ether oxygens (including phenoxy) is 4. The van der Waals surface area contributed by atoms with Gasteiger partial charge in [0.05, 0.1) is 32.0 Å². The molecule has 3 aliphatic rings. The van der Waals surface area contributed by atoms with Crippen LogP contribution in [0.25, 0.3) is 11.0 Å². The van der Waals surface area contributed by atoms with E-state index in [0.29, 0.717) is 23.1 Å². The molecule has 5 N–H and O–H groups in total. The van der Waals surface area contributed by atoms with E-state index in [9.17, 15) is 30.0 Å². The Kier molecular flexibility index (Phi) is 8.25. The van der Waals surface area contributed by atoms with Crippen molar-refractivity contribution >= 4 is 22.8 Å². The van der Waals surface area contributed by atoms with Gasteiger partial charge < -0.3 is 49.1 Å². The van der Waals surface area contributed by atoms with Gasteiger partial charge >= 0.3 is 5.97 Å². The molecule has 1 aromatic carbocycles. The van der Waals surface area contributed by atoms with E-state index in [1.165, 1.54) is 7.11 Å². The highest BCUT2D eigenvalue weighted by Gasteiger charge is 2.53. The molecule has 2 saturated heterocycles. The summed E-state index contributed by atoms with van der Waals surface area (Å²) < 4.78 is 28.5. The molecule has 2 aromatic rings. The molecular weight excluding hydrogens is 526 g/mol. The van der Waals surface area contributed by atoms with E-state index in [2.05, 4.69) is 5.32 Å². The van der Waals surface area contributed by atoms with Crippen molar-refractivity contribution in [2.45, 2.75) is 82.1 Å². The largest absolute Gasteiger partial charge is 0.490 e. The zero-order valence-corrected chi connectivity index (χ0v) is 22.6. The number of amides is 1. The first-order valence-corrected chi connectivity index (χ1v) is 13.8. The number of hydrogen-bond acceptors (Lipinski definition) is 11. The van der Waals surface area contributed by atoms with Gasteiger partial charge in [0.15, 0.2) is 11.3 Å². The van der Waals surface area contributed by atoms with E-state index in [1.807, 2.05) is 6.07 Å². The van der Waals surface area contributed by atoms with Gasteiger partial charge in [0.25, 0.3) is 0 Å². The number of carbonyl (C=O) groups is 2. The van der Waals surface area contributed by atoms with Crippen LogP contribution in [0.15, 0.2) is 16.7 Å². The SMILES string of the molecule is CCOC(=O)CCc1cc2c(C3CNC(=O)C34CCCC4)coc2c(OC)c1OC1OC(CO)C(O)C(O)C1O. The number of rotatable bonds is 9. The molecule has 220 valence electrons. The normalized spacial score (nSPS) is 29.6. The molecule has 6 unspecified atom stereocenters. The van der Waals surface area contributed by atoms with E-state index < -0.39 is 48.7 Å². The quantitative estimate of drug-likeness (QED) is 0.274. The second-order valence-electron chi connectivity index (χ2n) is 10.7. The summed E-state index contributed by atoms with van der Waals surface area (Å²) in [6, 6.07) is 1.82. The molecule has 1 aromatic heterocycles. The van der Waals surface area contributed by atoms with Crippen molar-refractivity contribution < 1.29 is 53.4 Å². The van der Waals surface area contributed by atoms with Crippen LogP contribution in [-0.4, -0.2) is 89.9 Å². The van der Waals surface area contributed by atoms with Crippen molar-refractivity contribution in [2.75, 3.05) is 26.9 Å². The average molecular weight is 564 g/mol. The third-order valence-corrected chi connectivity index (χ3v) is 8.53. The molecule has 5 rings (SSSR count). The monoisotopic (exact) mass is 563 g/mol. The second-order valence-corrected chi connectivity index (χ2v) is 10.7. The second kappa shape index (κ2) is 11.5. The predicted molar refractivity (Wildman–Crippen MR) is 139 cm³/mol. The fourth-order valence-corrected chi connectivity index (χ4v) is 6.43. The smallest absolute Gasteiger partial charge is 0.306 e. The highest BCUT2D eigenvalue weighted by Crippen LogP contribution is 2.54. The van der Waals surface area contributed by atoms with E-state index in [1.54, 1.807) is 13.2 Å². The number of benzene rings is 1. The Bertz CT molecular complexity index is 1230. The molecule has 2 aliphatic heterocycles. The van der Waals surface area contributed by atoms with Gasteiger partial charge in [-0.15, -0.1) is 0 Å². The van der Waals surface area contributed by atoms with Gasteiger partial charge in [0, 0.05) is 29.8 Å². The Labute approximate surface area is 231 Å². The highest BCUT2D eigenvalue weighted by molar-refractivity contribution is 5.93. The van der Waals surface area contributed by atoms with Crippen molar-refractivity contribution in [3.63, 3.8) is 0 Å². The van der Waals surface area contributed by atoms with Gasteiger partial charge in [-0.3, -0.25) is 9.59 Å². The Balaban J connectivity index is 1.58. The number of aliphatic hydroxyl groups excluding tert-OH is 4. The molecule has 12 heteroatoms. The summed E-state index contributed by atoms with van der Waals surface area (Å²) in [5.74, 6) is -0.175. The molecule has 40 heavy (non-hydrogen) atoms. The number of nitrogens with one attached hydrogen (secondary N) is 1. The van der Waals surface area contributed by atoms with Crippen LogP contribution < -0.4 is 14.8 Å². The topological polar surface area (TPSA) is 177 Å². The van der Waals surface area contributed by atoms with Crippen LogP contribution in [0.4, 0.5) is 0 Å².